The number of carbonyl (C=O) groups excluding carboxylic acids is 4. The number of amides is 4. The molecule has 0 radical (unpaired) electrons. The van der Waals surface area contributed by atoms with Gasteiger partial charge in [0, 0.05) is 33.7 Å². The van der Waals surface area contributed by atoms with E-state index in [2.05, 4.69) is 23.6 Å². The van der Waals surface area contributed by atoms with E-state index in [9.17, 15) is 29.1 Å². The first-order valence-electron chi connectivity index (χ1n) is 20.3. The molecule has 0 spiro atoms. The second-order valence-electron chi connectivity index (χ2n) is 17.2. The van der Waals surface area contributed by atoms with E-state index in [1.165, 1.54) is 7.11 Å². The van der Waals surface area contributed by atoms with E-state index >= 15 is 0 Å². The maximum atomic E-state index is 14.2. The van der Waals surface area contributed by atoms with Crippen LogP contribution >= 0.6 is 0 Å². The number of aliphatic carboxylic acids is 1. The lowest BCUT2D eigenvalue weighted by atomic mass is 9.88. The number of allylic oxidation sites excluding steroid dienone is 3. The second-order valence-corrected chi connectivity index (χ2v) is 17.2. The van der Waals surface area contributed by atoms with Crippen molar-refractivity contribution in [3.05, 3.63) is 23.8 Å². The van der Waals surface area contributed by atoms with Gasteiger partial charge in [0.1, 0.15) is 11.6 Å². The average molecular weight is 774 g/mol. The third-order valence-corrected chi connectivity index (χ3v) is 12.5. The maximum absolute atomic E-state index is 14.2. The third kappa shape index (κ3) is 10.4. The van der Waals surface area contributed by atoms with Gasteiger partial charge in [-0.1, -0.05) is 85.6 Å². The molecule has 312 valence electrons. The van der Waals surface area contributed by atoms with Gasteiger partial charge < -0.3 is 35.0 Å². The van der Waals surface area contributed by atoms with Gasteiger partial charge in [0.05, 0.1) is 42.7 Å². The number of carboxylic acid groups (broad SMARTS) is 1. The normalized spacial score (nSPS) is 26.1. The van der Waals surface area contributed by atoms with Crippen LogP contribution in [0.1, 0.15) is 93.9 Å². The minimum absolute atomic E-state index is 0.00303. The standard InChI is InChI=1S/C42H71N5O8/c1-14-26(6)36(46(11)40(51)34(24(2)3)43-39(50)35(25(4)5)45(9)10)32(54-12)22-33(48)47-21-17-20-31(47)37(55-13)28(8)38(49)44-42(41(52)53)23-30(42)29-19-16-15-18-27(29)7/h15-16,19,24-28,30-32,34-37H,14,17-18,20-23H2,1-13H3,(H,43,50)(H,44,49)(H,52,53)/t26?,27?,28?,30?,31?,32?,34-,35?,36?,37?,42?/m0/s1. The number of hydrogen-bond donors (Lipinski definition) is 3. The highest BCUT2D eigenvalue weighted by Gasteiger charge is 2.64. The Morgan fingerprint density at radius 3 is 2.16 bits per heavy atom. The molecule has 2 fully saturated rings. The van der Waals surface area contributed by atoms with E-state index in [0.717, 1.165) is 24.8 Å². The Labute approximate surface area is 330 Å². The minimum atomic E-state index is -1.36. The van der Waals surface area contributed by atoms with Crippen LogP contribution in [0.5, 0.6) is 0 Å². The summed E-state index contributed by atoms with van der Waals surface area (Å²) in [6.07, 6.45) is 7.89. The van der Waals surface area contributed by atoms with Gasteiger partial charge in [-0.15, -0.1) is 0 Å². The summed E-state index contributed by atoms with van der Waals surface area (Å²) < 4.78 is 12.0. The number of ether oxygens (including phenoxy) is 2. The van der Waals surface area contributed by atoms with Crippen molar-refractivity contribution < 1.29 is 38.6 Å². The number of nitrogens with one attached hydrogen (secondary N) is 2. The molecule has 0 aromatic rings. The Bertz CT molecular complexity index is 1420. The lowest BCUT2D eigenvalue weighted by Crippen LogP contribution is -2.59. The van der Waals surface area contributed by atoms with Crippen molar-refractivity contribution in [1.82, 2.24) is 25.3 Å². The molecule has 4 amide bonds. The molecule has 1 saturated carbocycles. The highest BCUT2D eigenvalue weighted by atomic mass is 16.5. The van der Waals surface area contributed by atoms with E-state index in [0.29, 0.717) is 19.4 Å². The second kappa shape index (κ2) is 19.7. The van der Waals surface area contributed by atoms with Gasteiger partial charge in [-0.05, 0) is 63.5 Å². The van der Waals surface area contributed by atoms with Crippen LogP contribution in [0.3, 0.4) is 0 Å². The van der Waals surface area contributed by atoms with E-state index in [4.69, 9.17) is 9.47 Å². The first kappa shape index (κ1) is 46.1. The summed E-state index contributed by atoms with van der Waals surface area (Å²) in [5, 5.41) is 16.2. The van der Waals surface area contributed by atoms with Gasteiger partial charge in [0.15, 0.2) is 0 Å². The number of methoxy groups -OCH3 is 2. The van der Waals surface area contributed by atoms with Crippen LogP contribution in [0.4, 0.5) is 0 Å². The van der Waals surface area contributed by atoms with E-state index in [1.807, 2.05) is 72.7 Å². The molecule has 0 bridgehead atoms. The van der Waals surface area contributed by atoms with Crippen LogP contribution in [0.15, 0.2) is 23.8 Å². The highest BCUT2D eigenvalue weighted by molar-refractivity contribution is 5.92. The fraction of sp³-hybridized carbons (Fsp3) is 0.786. The zero-order chi connectivity index (χ0) is 41.5. The van der Waals surface area contributed by atoms with Crippen molar-refractivity contribution >= 4 is 29.6 Å². The number of hydrogen-bond acceptors (Lipinski definition) is 8. The molecule has 13 heteroatoms. The van der Waals surface area contributed by atoms with E-state index < -0.39 is 59.7 Å². The third-order valence-electron chi connectivity index (χ3n) is 12.5. The molecule has 2 aliphatic carbocycles. The molecular formula is C42H71N5O8. The summed E-state index contributed by atoms with van der Waals surface area (Å²) in [6.45, 7) is 16.1. The van der Waals surface area contributed by atoms with Crippen LogP contribution in [0.2, 0.25) is 0 Å². The van der Waals surface area contributed by atoms with Gasteiger partial charge >= 0.3 is 5.97 Å². The highest BCUT2D eigenvalue weighted by Crippen LogP contribution is 2.52. The first-order valence-corrected chi connectivity index (χ1v) is 20.3. The van der Waals surface area contributed by atoms with Crippen LogP contribution in [0.25, 0.3) is 0 Å². The molecule has 3 rings (SSSR count). The van der Waals surface area contributed by atoms with E-state index in [-0.39, 0.29) is 53.7 Å². The fourth-order valence-electron chi connectivity index (χ4n) is 9.06. The molecule has 3 N–H and O–H groups in total. The predicted octanol–water partition coefficient (Wildman–Crippen LogP) is 4.12. The largest absolute Gasteiger partial charge is 0.479 e. The molecule has 11 atom stereocenters. The Morgan fingerprint density at radius 2 is 1.65 bits per heavy atom. The average Bonchev–Trinajstić information content (AvgIpc) is 3.64. The number of likely N-dealkylation sites (tertiary alicyclic amines) is 1. The summed E-state index contributed by atoms with van der Waals surface area (Å²) in [5.74, 6) is -3.10. The molecule has 13 nitrogen and oxygen atoms in total. The van der Waals surface area contributed by atoms with Gasteiger partial charge in [-0.25, -0.2) is 4.79 Å². The van der Waals surface area contributed by atoms with Crippen molar-refractivity contribution in [2.24, 2.45) is 35.5 Å². The molecule has 0 aromatic heterocycles. The topological polar surface area (TPSA) is 158 Å². The lowest BCUT2D eigenvalue weighted by molar-refractivity contribution is -0.148. The molecule has 1 aliphatic heterocycles. The van der Waals surface area contributed by atoms with Gasteiger partial charge in [-0.2, -0.15) is 0 Å². The monoisotopic (exact) mass is 774 g/mol. The zero-order valence-electron chi connectivity index (χ0n) is 35.8. The number of carbonyl (C=O) groups is 5. The number of carboxylic acids is 1. The molecule has 10 unspecified atom stereocenters. The maximum Gasteiger partial charge on any atom is 0.330 e. The summed E-state index contributed by atoms with van der Waals surface area (Å²) in [7, 11) is 8.49. The Kier molecular flexibility index (Phi) is 16.5. The van der Waals surface area contributed by atoms with Crippen molar-refractivity contribution in [2.45, 2.75) is 136 Å². The fourth-order valence-corrected chi connectivity index (χ4v) is 9.06. The molecular weight excluding hydrogens is 702 g/mol. The lowest BCUT2D eigenvalue weighted by Gasteiger charge is -2.41. The molecule has 0 aromatic carbocycles. The van der Waals surface area contributed by atoms with E-state index in [1.54, 1.807) is 30.9 Å². The van der Waals surface area contributed by atoms with Crippen LogP contribution < -0.4 is 10.6 Å². The van der Waals surface area contributed by atoms with Gasteiger partial charge in [-0.3, -0.25) is 24.1 Å². The summed E-state index contributed by atoms with van der Waals surface area (Å²) in [4.78, 5) is 73.6. The Balaban J connectivity index is 1.79. The predicted molar refractivity (Wildman–Crippen MR) is 213 cm³/mol. The van der Waals surface area contributed by atoms with Crippen LogP contribution in [0, 0.1) is 35.5 Å². The minimum Gasteiger partial charge on any atom is -0.479 e. The Morgan fingerprint density at radius 1 is 1.00 bits per heavy atom. The number of nitrogens with zero attached hydrogens (tertiary/aromatic N) is 3. The first-order chi connectivity index (χ1) is 25.8. The summed E-state index contributed by atoms with van der Waals surface area (Å²) in [5.41, 5.74) is -0.321. The molecule has 55 heavy (non-hydrogen) atoms. The smallest absolute Gasteiger partial charge is 0.330 e. The zero-order valence-corrected chi connectivity index (χ0v) is 35.8. The van der Waals surface area contributed by atoms with Crippen molar-refractivity contribution in [3.8, 4) is 0 Å². The van der Waals surface area contributed by atoms with Gasteiger partial charge in [0.2, 0.25) is 23.6 Å². The van der Waals surface area contributed by atoms with Crippen LogP contribution in [-0.2, 0) is 33.4 Å². The molecule has 3 aliphatic rings. The SMILES string of the molecule is CCC(C)C(C(CC(=O)N1CCCC1C(OC)C(C)C(=O)NC1(C(=O)O)CC1C1=CC=CCC1C)OC)N(C)C(=O)[C@@H](NC(=O)C(C(C)C)N(C)C)C(C)C. The molecule has 1 saturated heterocycles. The van der Waals surface area contributed by atoms with Crippen molar-refractivity contribution in [1.29, 1.82) is 0 Å². The Hall–Kier alpha value is -3.29. The van der Waals surface area contributed by atoms with Crippen molar-refractivity contribution in [2.75, 3.05) is 41.9 Å². The quantitative estimate of drug-likeness (QED) is 0.166. The summed E-state index contributed by atoms with van der Waals surface area (Å²) >= 11 is 0. The van der Waals surface area contributed by atoms with Crippen molar-refractivity contribution in [3.63, 3.8) is 0 Å². The summed E-state index contributed by atoms with van der Waals surface area (Å²) in [6, 6.07) is -2.07. The molecule has 1 heterocycles. The van der Waals surface area contributed by atoms with Gasteiger partial charge in [0.25, 0.3) is 0 Å². The number of likely N-dealkylation sites (N-methyl/N-ethyl adjacent to an activating group) is 2. The number of rotatable bonds is 20. The van der Waals surface area contributed by atoms with Crippen LogP contribution in [-0.4, -0.2) is 133 Å².